The van der Waals surface area contributed by atoms with Gasteiger partial charge in [-0.1, -0.05) is 0 Å². The summed E-state index contributed by atoms with van der Waals surface area (Å²) in [6.45, 7) is 5.83. The molecule has 118 valence electrons. The van der Waals surface area contributed by atoms with E-state index >= 15 is 0 Å². The number of nitrogen functional groups attached to an aromatic ring is 1. The molecule has 2 fully saturated rings. The summed E-state index contributed by atoms with van der Waals surface area (Å²) in [5.74, 6) is 1.30. The van der Waals surface area contributed by atoms with Crippen molar-refractivity contribution in [1.29, 1.82) is 0 Å². The fraction of sp³-hybridized carbons (Fsp3) is 0.643. The fourth-order valence-electron chi connectivity index (χ4n) is 3.37. The first-order valence-electron chi connectivity index (χ1n) is 7.84. The number of nitrogens with zero attached hydrogens (tertiary/aromatic N) is 5. The summed E-state index contributed by atoms with van der Waals surface area (Å²) in [5, 5.41) is 0. The Morgan fingerprint density at radius 3 is 2.64 bits per heavy atom. The van der Waals surface area contributed by atoms with Crippen molar-refractivity contribution in [3.63, 3.8) is 0 Å². The molecule has 0 amide bonds. The highest BCUT2D eigenvalue weighted by Gasteiger charge is 2.27. The molecule has 2 aliphatic heterocycles. The van der Waals surface area contributed by atoms with Gasteiger partial charge in [0.2, 0.25) is 5.95 Å². The van der Waals surface area contributed by atoms with Crippen LogP contribution >= 0.6 is 0 Å². The van der Waals surface area contributed by atoms with E-state index in [1.807, 2.05) is 0 Å². The zero-order chi connectivity index (χ0) is 14.9. The average Bonchev–Trinajstić information content (AvgIpc) is 3.02. The van der Waals surface area contributed by atoms with Crippen LogP contribution in [0.3, 0.4) is 0 Å². The van der Waals surface area contributed by atoms with E-state index in [0.717, 1.165) is 63.7 Å². The number of morpholine rings is 1. The van der Waals surface area contributed by atoms with Gasteiger partial charge < -0.3 is 20.4 Å². The highest BCUT2D eigenvalue weighted by Crippen LogP contribution is 2.24. The van der Waals surface area contributed by atoms with Crippen LogP contribution in [0.15, 0.2) is 6.33 Å². The molecule has 0 aromatic carbocycles. The monoisotopic (exact) mass is 303 g/mol. The number of hydrogen-bond donors (Lipinski definition) is 2. The zero-order valence-electron chi connectivity index (χ0n) is 12.5. The van der Waals surface area contributed by atoms with Crippen LogP contribution < -0.4 is 10.6 Å². The number of piperidine rings is 1. The lowest BCUT2D eigenvalue weighted by Crippen LogP contribution is -2.49. The van der Waals surface area contributed by atoms with Crippen LogP contribution in [0.2, 0.25) is 0 Å². The second-order valence-electron chi connectivity index (χ2n) is 5.88. The molecule has 0 spiro atoms. The van der Waals surface area contributed by atoms with Gasteiger partial charge in [0.15, 0.2) is 11.5 Å². The van der Waals surface area contributed by atoms with Gasteiger partial charge in [-0.2, -0.15) is 4.98 Å². The fourth-order valence-corrected chi connectivity index (χ4v) is 3.37. The molecule has 0 unspecified atom stereocenters. The van der Waals surface area contributed by atoms with Crippen LogP contribution in [0.1, 0.15) is 12.8 Å². The summed E-state index contributed by atoms with van der Waals surface area (Å²) in [7, 11) is 0. The molecule has 22 heavy (non-hydrogen) atoms. The van der Waals surface area contributed by atoms with E-state index in [1.54, 1.807) is 0 Å². The van der Waals surface area contributed by atoms with E-state index in [2.05, 4.69) is 29.7 Å². The van der Waals surface area contributed by atoms with Crippen molar-refractivity contribution in [1.82, 2.24) is 24.8 Å². The van der Waals surface area contributed by atoms with Crippen LogP contribution in [-0.4, -0.2) is 70.3 Å². The largest absolute Gasteiger partial charge is 0.382 e. The third kappa shape index (κ3) is 2.48. The van der Waals surface area contributed by atoms with Crippen molar-refractivity contribution in [2.24, 2.45) is 0 Å². The van der Waals surface area contributed by atoms with Crippen molar-refractivity contribution in [3.05, 3.63) is 6.33 Å². The minimum absolute atomic E-state index is 0.451. The van der Waals surface area contributed by atoms with Gasteiger partial charge >= 0.3 is 0 Å². The minimum Gasteiger partial charge on any atom is -0.382 e. The van der Waals surface area contributed by atoms with Crippen LogP contribution in [0.4, 0.5) is 11.8 Å². The molecule has 4 heterocycles. The third-order valence-electron chi connectivity index (χ3n) is 4.63. The van der Waals surface area contributed by atoms with Gasteiger partial charge in [0, 0.05) is 32.2 Å². The lowest BCUT2D eigenvalue weighted by atomic mass is 10.0. The van der Waals surface area contributed by atoms with Gasteiger partial charge in [0.05, 0.1) is 13.2 Å². The molecule has 4 rings (SSSR count). The molecule has 3 N–H and O–H groups in total. The average molecular weight is 303 g/mol. The normalized spacial score (nSPS) is 21.5. The van der Waals surface area contributed by atoms with Crippen LogP contribution in [0.25, 0.3) is 11.2 Å². The van der Waals surface area contributed by atoms with Crippen LogP contribution in [0, 0.1) is 0 Å². The van der Waals surface area contributed by atoms with Crippen molar-refractivity contribution in [2.75, 3.05) is 50.0 Å². The van der Waals surface area contributed by atoms with E-state index in [1.165, 1.54) is 6.33 Å². The maximum Gasteiger partial charge on any atom is 0.205 e. The van der Waals surface area contributed by atoms with Gasteiger partial charge in [-0.15, -0.1) is 0 Å². The molecule has 8 heteroatoms. The number of nitrogens with one attached hydrogen (secondary N) is 1. The number of ether oxygens (including phenoxy) is 1. The highest BCUT2D eigenvalue weighted by molar-refractivity contribution is 5.83. The van der Waals surface area contributed by atoms with Crippen molar-refractivity contribution in [3.8, 4) is 0 Å². The molecular weight excluding hydrogens is 282 g/mol. The van der Waals surface area contributed by atoms with E-state index in [4.69, 9.17) is 10.5 Å². The van der Waals surface area contributed by atoms with Gasteiger partial charge in [-0.3, -0.25) is 4.90 Å². The van der Waals surface area contributed by atoms with E-state index < -0.39 is 0 Å². The van der Waals surface area contributed by atoms with Crippen molar-refractivity contribution in [2.45, 2.75) is 18.9 Å². The van der Waals surface area contributed by atoms with Gasteiger partial charge in [0.1, 0.15) is 11.8 Å². The molecule has 2 aromatic rings. The molecule has 0 atom stereocenters. The number of anilines is 2. The Balaban J connectivity index is 1.45. The first-order valence-corrected chi connectivity index (χ1v) is 7.84. The van der Waals surface area contributed by atoms with Crippen LogP contribution in [-0.2, 0) is 4.74 Å². The number of fused-ring (bicyclic) bond motifs is 1. The zero-order valence-corrected chi connectivity index (χ0v) is 12.5. The summed E-state index contributed by atoms with van der Waals surface area (Å²) in [6.07, 6.45) is 3.75. The number of H-pyrrole nitrogens is 1. The summed E-state index contributed by atoms with van der Waals surface area (Å²) in [6, 6.07) is 0.661. The summed E-state index contributed by atoms with van der Waals surface area (Å²) < 4.78 is 5.43. The Bertz CT molecular complexity index is 644. The molecule has 2 aliphatic rings. The van der Waals surface area contributed by atoms with E-state index in [0.29, 0.717) is 17.5 Å². The topological polar surface area (TPSA) is 96.2 Å². The predicted octanol–water partition coefficient (Wildman–Crippen LogP) is 0.236. The SMILES string of the molecule is Nc1ncnc2nc(N3CCC(N4CCOCC4)CC3)[nH]c12. The summed E-state index contributed by atoms with van der Waals surface area (Å²) in [5.41, 5.74) is 7.23. The number of nitrogens with two attached hydrogens (primary N) is 1. The predicted molar refractivity (Wildman–Crippen MR) is 83.7 cm³/mol. The number of aromatic amines is 1. The lowest BCUT2D eigenvalue weighted by molar-refractivity contribution is 0.0114. The summed E-state index contributed by atoms with van der Waals surface area (Å²) in [4.78, 5) is 20.8. The van der Waals surface area contributed by atoms with Gasteiger partial charge in [-0.05, 0) is 12.8 Å². The smallest absolute Gasteiger partial charge is 0.205 e. The number of hydrogen-bond acceptors (Lipinski definition) is 7. The van der Waals surface area contributed by atoms with Crippen molar-refractivity contribution >= 4 is 22.9 Å². The van der Waals surface area contributed by atoms with Crippen molar-refractivity contribution < 1.29 is 4.74 Å². The second-order valence-corrected chi connectivity index (χ2v) is 5.88. The molecule has 8 nitrogen and oxygen atoms in total. The van der Waals surface area contributed by atoms with Gasteiger partial charge in [0.25, 0.3) is 0 Å². The lowest BCUT2D eigenvalue weighted by Gasteiger charge is -2.39. The second kappa shape index (κ2) is 5.69. The molecule has 0 radical (unpaired) electrons. The first-order chi connectivity index (χ1) is 10.8. The van der Waals surface area contributed by atoms with E-state index in [-0.39, 0.29) is 0 Å². The first kappa shape index (κ1) is 13.7. The maximum absolute atomic E-state index is 5.86. The highest BCUT2D eigenvalue weighted by atomic mass is 16.5. The number of imidazole rings is 1. The molecule has 0 aliphatic carbocycles. The molecule has 0 bridgehead atoms. The molecule has 2 aromatic heterocycles. The Labute approximate surface area is 128 Å². The minimum atomic E-state index is 0.451. The molecule has 0 saturated carbocycles. The Morgan fingerprint density at radius 1 is 1.14 bits per heavy atom. The maximum atomic E-state index is 5.86. The number of aromatic nitrogens is 4. The Morgan fingerprint density at radius 2 is 1.91 bits per heavy atom. The standard InChI is InChI=1S/C14H21N7O/c15-12-11-13(17-9-16-12)19-14(18-11)21-3-1-10(2-4-21)20-5-7-22-8-6-20/h9-10H,1-8H2,(H3,15,16,17,18,19). The summed E-state index contributed by atoms with van der Waals surface area (Å²) >= 11 is 0. The van der Waals surface area contributed by atoms with Gasteiger partial charge in [-0.25, -0.2) is 9.97 Å². The Hall–Kier alpha value is -1.93. The molecule has 2 saturated heterocycles. The number of rotatable bonds is 2. The van der Waals surface area contributed by atoms with Crippen LogP contribution in [0.5, 0.6) is 0 Å². The quantitative estimate of drug-likeness (QED) is 0.820. The Kier molecular flexibility index (Phi) is 3.55. The van der Waals surface area contributed by atoms with E-state index in [9.17, 15) is 0 Å². The third-order valence-corrected chi connectivity index (χ3v) is 4.63. The molecular formula is C14H21N7O.